The second kappa shape index (κ2) is 6.90. The maximum Gasteiger partial charge on any atom is 0.262 e. The summed E-state index contributed by atoms with van der Waals surface area (Å²) in [4.78, 5) is 21.7. The molecule has 0 spiro atoms. The minimum atomic E-state index is -0.312. The molecule has 110 valence electrons. The third-order valence-corrected chi connectivity index (χ3v) is 2.90. The molecule has 1 aromatic carbocycles. The van der Waals surface area contributed by atoms with Gasteiger partial charge in [0.15, 0.2) is 12.4 Å². The summed E-state index contributed by atoms with van der Waals surface area (Å²) in [6.45, 7) is -0.147. The SMILES string of the molecule is CN(C)c1ncncc1NC(=O)COc1ccccc1Cl. The Morgan fingerprint density at radius 3 is 2.86 bits per heavy atom. The van der Waals surface area contributed by atoms with Crippen LogP contribution in [0.15, 0.2) is 36.8 Å². The second-order valence-corrected chi connectivity index (χ2v) is 4.83. The van der Waals surface area contributed by atoms with Gasteiger partial charge in [0.2, 0.25) is 0 Å². The molecule has 0 bridgehead atoms. The summed E-state index contributed by atoms with van der Waals surface area (Å²) in [6.07, 6.45) is 2.96. The van der Waals surface area contributed by atoms with E-state index in [0.717, 1.165) is 0 Å². The molecule has 0 aliphatic carbocycles. The minimum absolute atomic E-state index is 0.147. The summed E-state index contributed by atoms with van der Waals surface area (Å²) in [5.41, 5.74) is 0.523. The Hall–Kier alpha value is -2.34. The minimum Gasteiger partial charge on any atom is -0.482 e. The van der Waals surface area contributed by atoms with Gasteiger partial charge in [0.25, 0.3) is 5.91 Å². The number of aromatic nitrogens is 2. The average molecular weight is 307 g/mol. The number of hydrogen-bond donors (Lipinski definition) is 1. The first-order chi connectivity index (χ1) is 10.1. The number of amides is 1. The monoisotopic (exact) mass is 306 g/mol. The molecular weight excluding hydrogens is 292 g/mol. The molecule has 7 heteroatoms. The fourth-order valence-corrected chi connectivity index (χ4v) is 1.85. The van der Waals surface area contributed by atoms with Crippen LogP contribution in [0.3, 0.4) is 0 Å². The van der Waals surface area contributed by atoms with Crippen molar-refractivity contribution in [3.63, 3.8) is 0 Å². The van der Waals surface area contributed by atoms with Crippen molar-refractivity contribution in [3.8, 4) is 5.75 Å². The Morgan fingerprint density at radius 2 is 2.14 bits per heavy atom. The lowest BCUT2D eigenvalue weighted by atomic mass is 10.3. The standard InChI is InChI=1S/C14H15ClN4O2/c1-19(2)14-11(7-16-9-17-14)18-13(20)8-21-12-6-4-3-5-10(12)15/h3-7,9H,8H2,1-2H3,(H,18,20). The summed E-state index contributed by atoms with van der Waals surface area (Å²) < 4.78 is 5.37. The molecule has 0 saturated carbocycles. The molecule has 6 nitrogen and oxygen atoms in total. The number of anilines is 2. The van der Waals surface area contributed by atoms with E-state index in [1.807, 2.05) is 14.1 Å². The average Bonchev–Trinajstić information content (AvgIpc) is 2.47. The van der Waals surface area contributed by atoms with Crippen LogP contribution in [0, 0.1) is 0 Å². The zero-order valence-corrected chi connectivity index (χ0v) is 12.5. The van der Waals surface area contributed by atoms with E-state index in [2.05, 4.69) is 15.3 Å². The van der Waals surface area contributed by atoms with Gasteiger partial charge < -0.3 is 15.0 Å². The van der Waals surface area contributed by atoms with E-state index < -0.39 is 0 Å². The maximum atomic E-state index is 11.9. The van der Waals surface area contributed by atoms with Crippen molar-refractivity contribution >= 4 is 29.0 Å². The van der Waals surface area contributed by atoms with Gasteiger partial charge in [-0.1, -0.05) is 23.7 Å². The van der Waals surface area contributed by atoms with Gasteiger partial charge in [-0.15, -0.1) is 0 Å². The highest BCUT2D eigenvalue weighted by atomic mass is 35.5. The summed E-state index contributed by atoms with van der Waals surface area (Å²) in [6, 6.07) is 6.98. The van der Waals surface area contributed by atoms with Crippen LogP contribution in [0.5, 0.6) is 5.75 Å². The molecule has 0 atom stereocenters. The van der Waals surface area contributed by atoms with E-state index in [0.29, 0.717) is 22.3 Å². The molecule has 2 aromatic rings. The van der Waals surface area contributed by atoms with E-state index in [-0.39, 0.29) is 12.5 Å². The van der Waals surface area contributed by atoms with E-state index in [9.17, 15) is 4.79 Å². The fourth-order valence-electron chi connectivity index (χ4n) is 1.66. The molecule has 1 amide bonds. The smallest absolute Gasteiger partial charge is 0.262 e. The topological polar surface area (TPSA) is 67.4 Å². The lowest BCUT2D eigenvalue weighted by Gasteiger charge is -2.15. The first-order valence-electron chi connectivity index (χ1n) is 6.22. The van der Waals surface area contributed by atoms with E-state index >= 15 is 0 Å². The van der Waals surface area contributed by atoms with Crippen LogP contribution in [0.4, 0.5) is 11.5 Å². The number of ether oxygens (including phenoxy) is 1. The predicted molar refractivity (Wildman–Crippen MR) is 81.9 cm³/mol. The lowest BCUT2D eigenvalue weighted by Crippen LogP contribution is -2.22. The summed E-state index contributed by atoms with van der Waals surface area (Å²) in [5.74, 6) is 0.773. The number of nitrogens with zero attached hydrogens (tertiary/aromatic N) is 3. The Bertz CT molecular complexity index is 634. The summed E-state index contributed by atoms with van der Waals surface area (Å²) in [5, 5.41) is 3.17. The predicted octanol–water partition coefficient (Wildman–Crippen LogP) is 2.21. The van der Waals surface area contributed by atoms with Gasteiger partial charge in [0.05, 0.1) is 11.2 Å². The lowest BCUT2D eigenvalue weighted by molar-refractivity contribution is -0.118. The van der Waals surface area contributed by atoms with Crippen molar-refractivity contribution in [1.82, 2.24) is 9.97 Å². The Morgan fingerprint density at radius 1 is 1.38 bits per heavy atom. The van der Waals surface area contributed by atoms with Crippen LogP contribution in [0.25, 0.3) is 0 Å². The highest BCUT2D eigenvalue weighted by molar-refractivity contribution is 6.32. The highest BCUT2D eigenvalue weighted by Crippen LogP contribution is 2.23. The number of carbonyl (C=O) groups is 1. The number of hydrogen-bond acceptors (Lipinski definition) is 5. The molecule has 1 heterocycles. The second-order valence-electron chi connectivity index (χ2n) is 4.42. The highest BCUT2D eigenvalue weighted by Gasteiger charge is 2.11. The number of nitrogens with one attached hydrogen (secondary N) is 1. The van der Waals surface area contributed by atoms with Gasteiger partial charge in [0, 0.05) is 14.1 Å². The number of halogens is 1. The van der Waals surface area contributed by atoms with Crippen LogP contribution < -0.4 is 15.0 Å². The number of benzene rings is 1. The molecule has 2 rings (SSSR count). The van der Waals surface area contributed by atoms with Gasteiger partial charge in [-0.05, 0) is 12.1 Å². The zero-order chi connectivity index (χ0) is 15.2. The molecule has 1 N–H and O–H groups in total. The molecule has 1 aromatic heterocycles. The van der Waals surface area contributed by atoms with Crippen molar-refractivity contribution in [1.29, 1.82) is 0 Å². The van der Waals surface area contributed by atoms with Crippen LogP contribution in [0.1, 0.15) is 0 Å². The summed E-state index contributed by atoms with van der Waals surface area (Å²) in [7, 11) is 3.66. The van der Waals surface area contributed by atoms with Crippen molar-refractivity contribution in [2.45, 2.75) is 0 Å². The number of carbonyl (C=O) groups excluding carboxylic acids is 1. The van der Waals surface area contributed by atoms with Crippen molar-refractivity contribution in [2.24, 2.45) is 0 Å². The zero-order valence-electron chi connectivity index (χ0n) is 11.7. The van der Waals surface area contributed by atoms with Crippen LogP contribution in [-0.4, -0.2) is 36.6 Å². The van der Waals surface area contributed by atoms with E-state index in [4.69, 9.17) is 16.3 Å². The third kappa shape index (κ3) is 4.06. The summed E-state index contributed by atoms with van der Waals surface area (Å²) >= 11 is 5.95. The van der Waals surface area contributed by atoms with Crippen molar-refractivity contribution in [2.75, 3.05) is 30.9 Å². The molecule has 0 aliphatic heterocycles. The Labute approximate surface area is 127 Å². The van der Waals surface area contributed by atoms with Gasteiger partial charge in [-0.25, -0.2) is 9.97 Å². The van der Waals surface area contributed by atoms with Gasteiger partial charge in [0.1, 0.15) is 17.8 Å². The Kier molecular flexibility index (Phi) is 4.94. The number of rotatable bonds is 5. The quantitative estimate of drug-likeness (QED) is 0.917. The molecule has 0 aliphatic rings. The van der Waals surface area contributed by atoms with Gasteiger partial charge in [-0.3, -0.25) is 4.79 Å². The fraction of sp³-hybridized carbons (Fsp3) is 0.214. The first-order valence-corrected chi connectivity index (χ1v) is 6.60. The van der Waals surface area contributed by atoms with Crippen LogP contribution in [0.2, 0.25) is 5.02 Å². The Balaban J connectivity index is 1.98. The van der Waals surface area contributed by atoms with Crippen molar-refractivity contribution < 1.29 is 9.53 Å². The first kappa shape index (κ1) is 15.1. The molecule has 0 fully saturated rings. The van der Waals surface area contributed by atoms with Gasteiger partial charge >= 0.3 is 0 Å². The normalized spacial score (nSPS) is 10.0. The van der Waals surface area contributed by atoms with Crippen LogP contribution >= 0.6 is 11.6 Å². The molecule has 21 heavy (non-hydrogen) atoms. The van der Waals surface area contributed by atoms with Crippen LogP contribution in [-0.2, 0) is 4.79 Å². The number of para-hydroxylation sites is 1. The maximum absolute atomic E-state index is 11.9. The van der Waals surface area contributed by atoms with E-state index in [1.165, 1.54) is 12.5 Å². The molecule has 0 radical (unpaired) electrons. The molecule has 0 saturated heterocycles. The largest absolute Gasteiger partial charge is 0.482 e. The molecular formula is C14H15ClN4O2. The van der Waals surface area contributed by atoms with E-state index in [1.54, 1.807) is 29.2 Å². The van der Waals surface area contributed by atoms with Crippen molar-refractivity contribution in [3.05, 3.63) is 41.8 Å². The third-order valence-electron chi connectivity index (χ3n) is 2.58. The van der Waals surface area contributed by atoms with Gasteiger partial charge in [-0.2, -0.15) is 0 Å². The molecule has 0 unspecified atom stereocenters.